The van der Waals surface area contributed by atoms with Gasteiger partial charge in [-0.3, -0.25) is 9.69 Å². The first-order valence-electron chi connectivity index (χ1n) is 10.9. The van der Waals surface area contributed by atoms with Gasteiger partial charge in [-0.2, -0.15) is 0 Å². The Morgan fingerprint density at radius 2 is 1.76 bits per heavy atom. The molecule has 2 N–H and O–H groups in total. The second-order valence-corrected chi connectivity index (χ2v) is 9.05. The quantitative estimate of drug-likeness (QED) is 0.516. The van der Waals surface area contributed by atoms with E-state index in [-0.39, 0.29) is 29.7 Å². The molecule has 0 aliphatic carbocycles. The summed E-state index contributed by atoms with van der Waals surface area (Å²) in [5.41, 5.74) is 3.33. The Kier molecular flexibility index (Phi) is 7.37. The van der Waals surface area contributed by atoms with E-state index in [0.717, 1.165) is 16.7 Å². The van der Waals surface area contributed by atoms with Crippen LogP contribution in [0.25, 0.3) is 0 Å². The van der Waals surface area contributed by atoms with Crippen molar-refractivity contribution >= 4 is 29.4 Å². The summed E-state index contributed by atoms with van der Waals surface area (Å²) in [5.74, 6) is 0.395. The number of thioether (sulfide) groups is 1. The van der Waals surface area contributed by atoms with Gasteiger partial charge in [-0.15, -0.1) is 11.8 Å². The highest BCUT2D eigenvalue weighted by Crippen LogP contribution is 2.43. The molecule has 0 radical (unpaired) electrons. The van der Waals surface area contributed by atoms with Gasteiger partial charge in [-0.1, -0.05) is 48.5 Å². The van der Waals surface area contributed by atoms with Gasteiger partial charge >= 0.3 is 6.03 Å². The highest BCUT2D eigenvalue weighted by Gasteiger charge is 2.43. The van der Waals surface area contributed by atoms with Crippen LogP contribution in [0, 0.1) is 12.7 Å². The molecule has 176 valence electrons. The molecule has 3 aromatic rings. The second-order valence-electron chi connectivity index (χ2n) is 7.94. The summed E-state index contributed by atoms with van der Waals surface area (Å²) in [5, 5.41) is 5.49. The van der Waals surface area contributed by atoms with E-state index in [1.165, 1.54) is 12.1 Å². The fraction of sp³-hybridized carbons (Fsp3) is 0.231. The van der Waals surface area contributed by atoms with Crippen molar-refractivity contribution < 1.29 is 18.7 Å². The molecule has 1 heterocycles. The number of ether oxygens (including phenoxy) is 1. The number of rotatable bonds is 6. The Bertz CT molecular complexity index is 1170. The minimum atomic E-state index is -0.676. The molecule has 8 heteroatoms. The number of hydrogen-bond acceptors (Lipinski definition) is 4. The summed E-state index contributed by atoms with van der Waals surface area (Å²) in [6.45, 7) is 2.24. The molecular weight excluding hydrogens is 453 g/mol. The molecule has 6 nitrogen and oxygen atoms in total. The van der Waals surface area contributed by atoms with Crippen molar-refractivity contribution in [3.63, 3.8) is 0 Å². The van der Waals surface area contributed by atoms with Crippen LogP contribution in [0.3, 0.4) is 0 Å². The number of amides is 3. The fourth-order valence-corrected chi connectivity index (χ4v) is 5.42. The zero-order chi connectivity index (χ0) is 24.1. The van der Waals surface area contributed by atoms with Crippen molar-refractivity contribution in [1.29, 1.82) is 0 Å². The maximum Gasteiger partial charge on any atom is 0.323 e. The van der Waals surface area contributed by atoms with Gasteiger partial charge in [0, 0.05) is 12.3 Å². The summed E-state index contributed by atoms with van der Waals surface area (Å²) in [6, 6.07) is 19.9. The lowest BCUT2D eigenvalue weighted by Crippen LogP contribution is -2.49. The molecule has 1 aliphatic heterocycles. The molecule has 0 spiro atoms. The van der Waals surface area contributed by atoms with E-state index in [2.05, 4.69) is 10.6 Å². The number of carbonyl (C=O) groups is 2. The van der Waals surface area contributed by atoms with Crippen molar-refractivity contribution in [2.24, 2.45) is 0 Å². The molecule has 0 saturated carbocycles. The third kappa shape index (κ3) is 5.17. The van der Waals surface area contributed by atoms with E-state index in [4.69, 9.17) is 4.74 Å². The van der Waals surface area contributed by atoms with Gasteiger partial charge in [0.25, 0.3) is 0 Å². The largest absolute Gasteiger partial charge is 0.495 e. The Labute approximate surface area is 202 Å². The number of halogens is 1. The van der Waals surface area contributed by atoms with Crippen molar-refractivity contribution in [1.82, 2.24) is 10.2 Å². The number of anilines is 1. The van der Waals surface area contributed by atoms with E-state index in [1.807, 2.05) is 43.3 Å². The molecular formula is C26H26FN3O3S. The van der Waals surface area contributed by atoms with Crippen LogP contribution in [-0.4, -0.2) is 35.7 Å². The molecule has 3 aromatic carbocycles. The van der Waals surface area contributed by atoms with Crippen LogP contribution in [0.1, 0.15) is 22.1 Å². The summed E-state index contributed by atoms with van der Waals surface area (Å²) >= 11 is 1.55. The van der Waals surface area contributed by atoms with Crippen molar-refractivity contribution in [2.75, 3.05) is 18.2 Å². The molecule has 1 fully saturated rings. The van der Waals surface area contributed by atoms with Crippen LogP contribution in [-0.2, 0) is 11.3 Å². The van der Waals surface area contributed by atoms with Gasteiger partial charge < -0.3 is 15.4 Å². The van der Waals surface area contributed by atoms with Crippen LogP contribution in [0.15, 0.2) is 72.8 Å². The Hall–Kier alpha value is -3.52. The van der Waals surface area contributed by atoms with Gasteiger partial charge in [0.1, 0.15) is 23.0 Å². The standard InChI is InChI=1S/C26H26FN3O3S/c1-17-7-3-4-8-20(17)25-30(26(32)29-21-9-5-6-10-23(21)33-2)22(16-34-25)24(31)28-15-18-11-13-19(27)14-12-18/h3-14,22,25H,15-16H2,1-2H3,(H,28,31)(H,29,32)/t22-,25-/m1/s1. The summed E-state index contributed by atoms with van der Waals surface area (Å²) < 4.78 is 18.6. The Balaban J connectivity index is 1.58. The number of benzene rings is 3. The van der Waals surface area contributed by atoms with E-state index in [1.54, 1.807) is 48.0 Å². The zero-order valence-corrected chi connectivity index (χ0v) is 19.8. The number of methoxy groups -OCH3 is 1. The number of hydrogen-bond donors (Lipinski definition) is 2. The topological polar surface area (TPSA) is 70.7 Å². The Morgan fingerprint density at radius 1 is 1.06 bits per heavy atom. The van der Waals surface area contributed by atoms with Gasteiger partial charge in [-0.05, 0) is 47.9 Å². The fourth-order valence-electron chi connectivity index (χ4n) is 3.90. The normalized spacial score (nSPS) is 17.3. The van der Waals surface area contributed by atoms with Crippen LogP contribution in [0.2, 0.25) is 0 Å². The van der Waals surface area contributed by atoms with Crippen LogP contribution in [0.5, 0.6) is 5.75 Å². The molecule has 3 amide bonds. The predicted octanol–water partition coefficient (Wildman–Crippen LogP) is 5.11. The summed E-state index contributed by atoms with van der Waals surface area (Å²) in [7, 11) is 1.54. The summed E-state index contributed by atoms with van der Waals surface area (Å²) in [6.07, 6.45) is 0. The lowest BCUT2D eigenvalue weighted by molar-refractivity contribution is -0.124. The average molecular weight is 480 g/mol. The number of urea groups is 1. The van der Waals surface area contributed by atoms with E-state index >= 15 is 0 Å². The van der Waals surface area contributed by atoms with Crippen molar-refractivity contribution in [2.45, 2.75) is 24.9 Å². The van der Waals surface area contributed by atoms with E-state index < -0.39 is 6.04 Å². The molecule has 34 heavy (non-hydrogen) atoms. The molecule has 0 bridgehead atoms. The number of aryl methyl sites for hydroxylation is 1. The number of nitrogens with zero attached hydrogens (tertiary/aromatic N) is 1. The molecule has 0 unspecified atom stereocenters. The maximum absolute atomic E-state index is 13.5. The van der Waals surface area contributed by atoms with Gasteiger partial charge in [-0.25, -0.2) is 9.18 Å². The molecule has 1 saturated heterocycles. The van der Waals surface area contributed by atoms with Crippen molar-refractivity contribution in [3.05, 3.63) is 95.3 Å². The first-order chi connectivity index (χ1) is 16.5. The second kappa shape index (κ2) is 10.6. The smallest absolute Gasteiger partial charge is 0.323 e. The Morgan fingerprint density at radius 3 is 2.50 bits per heavy atom. The minimum absolute atomic E-state index is 0.247. The van der Waals surface area contributed by atoms with Gasteiger partial charge in [0.15, 0.2) is 0 Å². The lowest BCUT2D eigenvalue weighted by atomic mass is 10.1. The zero-order valence-electron chi connectivity index (χ0n) is 19.0. The number of nitrogens with one attached hydrogen (secondary N) is 2. The number of carbonyl (C=O) groups excluding carboxylic acids is 2. The van der Waals surface area contributed by atoms with E-state index in [0.29, 0.717) is 17.2 Å². The molecule has 0 aromatic heterocycles. The van der Waals surface area contributed by atoms with Crippen LogP contribution in [0.4, 0.5) is 14.9 Å². The number of para-hydroxylation sites is 2. The lowest BCUT2D eigenvalue weighted by Gasteiger charge is -2.30. The van der Waals surface area contributed by atoms with Gasteiger partial charge in [0.05, 0.1) is 12.8 Å². The highest BCUT2D eigenvalue weighted by molar-refractivity contribution is 7.99. The van der Waals surface area contributed by atoms with Crippen LogP contribution >= 0.6 is 11.8 Å². The average Bonchev–Trinajstić information content (AvgIpc) is 3.29. The predicted molar refractivity (Wildman–Crippen MR) is 132 cm³/mol. The SMILES string of the molecule is COc1ccccc1NC(=O)N1[C@@H](C(=O)NCc2ccc(F)cc2)CS[C@@H]1c1ccccc1C. The highest BCUT2D eigenvalue weighted by atomic mass is 32.2. The van der Waals surface area contributed by atoms with Crippen molar-refractivity contribution in [3.8, 4) is 5.75 Å². The monoisotopic (exact) mass is 479 g/mol. The molecule has 2 atom stereocenters. The third-order valence-electron chi connectivity index (χ3n) is 5.72. The molecule has 4 rings (SSSR count). The minimum Gasteiger partial charge on any atom is -0.495 e. The van der Waals surface area contributed by atoms with Crippen LogP contribution < -0.4 is 15.4 Å². The first kappa shape index (κ1) is 23.6. The van der Waals surface area contributed by atoms with Gasteiger partial charge in [0.2, 0.25) is 5.91 Å². The first-order valence-corrected chi connectivity index (χ1v) is 11.9. The molecule has 1 aliphatic rings. The summed E-state index contributed by atoms with van der Waals surface area (Å²) in [4.78, 5) is 28.3. The van der Waals surface area contributed by atoms with E-state index in [9.17, 15) is 14.0 Å². The third-order valence-corrected chi connectivity index (χ3v) is 7.03. The maximum atomic E-state index is 13.5.